The van der Waals surface area contributed by atoms with Crippen molar-refractivity contribution in [3.05, 3.63) is 108 Å². The Hall–Kier alpha value is -2.82. The first-order valence-electron chi connectivity index (χ1n) is 9.62. The van der Waals surface area contributed by atoms with Crippen molar-refractivity contribution in [2.75, 3.05) is 0 Å². The molecule has 0 aliphatic carbocycles. The number of hydrogen-bond acceptors (Lipinski definition) is 1. The van der Waals surface area contributed by atoms with Crippen molar-refractivity contribution < 1.29 is 4.74 Å². The molecule has 136 valence electrons. The Balaban J connectivity index is 1.55. The standard InChI is InChI=1S/C26H26O/c1-4-12-23(13-5-1)16-10-11-19-26(21-20-24-14-6-2-7-15-24)27-22-25-17-8-3-9-18-25/h1-9,12-15,17-18,26H,10,16,20-22H2. The van der Waals surface area contributed by atoms with Gasteiger partial charge in [-0.05, 0) is 36.0 Å². The van der Waals surface area contributed by atoms with Gasteiger partial charge in [0.05, 0.1) is 6.61 Å². The molecule has 0 heterocycles. The van der Waals surface area contributed by atoms with Crippen molar-refractivity contribution in [2.24, 2.45) is 0 Å². The third-order valence-corrected chi connectivity index (χ3v) is 4.48. The molecule has 0 aromatic heterocycles. The topological polar surface area (TPSA) is 9.23 Å². The molecule has 0 saturated carbocycles. The van der Waals surface area contributed by atoms with Crippen LogP contribution in [0.15, 0.2) is 91.0 Å². The summed E-state index contributed by atoms with van der Waals surface area (Å²) in [5.41, 5.74) is 3.85. The van der Waals surface area contributed by atoms with Gasteiger partial charge in [0.2, 0.25) is 0 Å². The lowest BCUT2D eigenvalue weighted by molar-refractivity contribution is 0.0728. The van der Waals surface area contributed by atoms with Crippen LogP contribution in [0.1, 0.15) is 29.5 Å². The van der Waals surface area contributed by atoms with Crippen molar-refractivity contribution >= 4 is 0 Å². The van der Waals surface area contributed by atoms with Crippen LogP contribution in [0.3, 0.4) is 0 Å². The molecular weight excluding hydrogens is 328 g/mol. The van der Waals surface area contributed by atoms with E-state index in [0.29, 0.717) is 6.61 Å². The maximum Gasteiger partial charge on any atom is 0.119 e. The van der Waals surface area contributed by atoms with Crippen LogP contribution in [0.2, 0.25) is 0 Å². The first-order chi connectivity index (χ1) is 13.4. The summed E-state index contributed by atoms with van der Waals surface area (Å²) in [5, 5.41) is 0. The molecule has 3 rings (SSSR count). The molecule has 0 aliphatic heterocycles. The Morgan fingerprint density at radius 1 is 0.630 bits per heavy atom. The fraction of sp³-hybridized carbons (Fsp3) is 0.231. The molecule has 1 unspecified atom stereocenters. The molecule has 0 aliphatic rings. The Morgan fingerprint density at radius 3 is 1.74 bits per heavy atom. The molecule has 0 bridgehead atoms. The van der Waals surface area contributed by atoms with Crippen LogP contribution in [0.25, 0.3) is 0 Å². The predicted molar refractivity (Wildman–Crippen MR) is 112 cm³/mol. The summed E-state index contributed by atoms with van der Waals surface area (Å²) in [5.74, 6) is 6.69. The van der Waals surface area contributed by atoms with Crippen LogP contribution in [-0.4, -0.2) is 6.10 Å². The van der Waals surface area contributed by atoms with Crippen LogP contribution < -0.4 is 0 Å². The molecule has 1 heteroatoms. The van der Waals surface area contributed by atoms with E-state index < -0.39 is 0 Å². The van der Waals surface area contributed by atoms with Gasteiger partial charge in [0.15, 0.2) is 0 Å². The third kappa shape index (κ3) is 7.13. The quantitative estimate of drug-likeness (QED) is 0.462. The number of ether oxygens (including phenoxy) is 1. The van der Waals surface area contributed by atoms with Crippen LogP contribution >= 0.6 is 0 Å². The van der Waals surface area contributed by atoms with E-state index >= 15 is 0 Å². The van der Waals surface area contributed by atoms with Crippen molar-refractivity contribution in [2.45, 2.75) is 38.4 Å². The zero-order valence-corrected chi connectivity index (χ0v) is 15.7. The van der Waals surface area contributed by atoms with Crippen LogP contribution in [0.5, 0.6) is 0 Å². The van der Waals surface area contributed by atoms with E-state index in [0.717, 1.165) is 25.7 Å². The van der Waals surface area contributed by atoms with Gasteiger partial charge in [-0.25, -0.2) is 0 Å². The van der Waals surface area contributed by atoms with Gasteiger partial charge in [0, 0.05) is 6.42 Å². The number of rotatable bonds is 8. The Bertz CT molecular complexity index is 785. The molecule has 3 aromatic carbocycles. The molecule has 0 fully saturated rings. The molecule has 0 N–H and O–H groups in total. The highest BCUT2D eigenvalue weighted by atomic mass is 16.5. The smallest absolute Gasteiger partial charge is 0.119 e. The van der Waals surface area contributed by atoms with Crippen LogP contribution in [0, 0.1) is 11.8 Å². The lowest BCUT2D eigenvalue weighted by atomic mass is 10.1. The molecule has 1 atom stereocenters. The van der Waals surface area contributed by atoms with Gasteiger partial charge in [-0.15, -0.1) is 5.92 Å². The molecule has 27 heavy (non-hydrogen) atoms. The molecular formula is C26H26O. The predicted octanol–water partition coefficient (Wildman–Crippen LogP) is 5.84. The summed E-state index contributed by atoms with van der Waals surface area (Å²) in [6.45, 7) is 0.605. The maximum absolute atomic E-state index is 6.13. The van der Waals surface area contributed by atoms with E-state index in [2.05, 4.69) is 78.6 Å². The molecule has 0 saturated heterocycles. The van der Waals surface area contributed by atoms with E-state index in [4.69, 9.17) is 4.74 Å². The van der Waals surface area contributed by atoms with Crippen molar-refractivity contribution in [1.29, 1.82) is 0 Å². The van der Waals surface area contributed by atoms with Gasteiger partial charge in [-0.3, -0.25) is 0 Å². The summed E-state index contributed by atoms with van der Waals surface area (Å²) in [6.07, 6.45) is 3.70. The lowest BCUT2D eigenvalue weighted by Gasteiger charge is -2.13. The zero-order chi connectivity index (χ0) is 18.6. The summed E-state index contributed by atoms with van der Waals surface area (Å²) >= 11 is 0. The SMILES string of the molecule is C(#CC(CCc1ccccc1)OCc1ccccc1)CCc1ccccc1. The molecule has 0 radical (unpaired) electrons. The van der Waals surface area contributed by atoms with E-state index in [1.807, 2.05) is 24.3 Å². The fourth-order valence-electron chi connectivity index (χ4n) is 2.95. The monoisotopic (exact) mass is 354 g/mol. The second kappa shape index (κ2) is 11.0. The second-order valence-electron chi connectivity index (χ2n) is 6.62. The summed E-state index contributed by atoms with van der Waals surface area (Å²) in [6, 6.07) is 31.4. The van der Waals surface area contributed by atoms with E-state index in [9.17, 15) is 0 Å². The summed E-state index contributed by atoms with van der Waals surface area (Å²) < 4.78 is 6.13. The summed E-state index contributed by atoms with van der Waals surface area (Å²) in [7, 11) is 0. The number of hydrogen-bond donors (Lipinski definition) is 0. The van der Waals surface area contributed by atoms with Crippen molar-refractivity contribution in [3.8, 4) is 11.8 Å². The Morgan fingerprint density at radius 2 is 1.15 bits per heavy atom. The molecule has 3 aromatic rings. The van der Waals surface area contributed by atoms with Crippen LogP contribution in [0.4, 0.5) is 0 Å². The van der Waals surface area contributed by atoms with E-state index in [-0.39, 0.29) is 6.10 Å². The van der Waals surface area contributed by atoms with Gasteiger partial charge >= 0.3 is 0 Å². The zero-order valence-electron chi connectivity index (χ0n) is 15.7. The first kappa shape index (κ1) is 19.0. The fourth-order valence-corrected chi connectivity index (χ4v) is 2.95. The average Bonchev–Trinajstić information content (AvgIpc) is 2.75. The number of aryl methyl sites for hydroxylation is 2. The Labute approximate surface area is 163 Å². The third-order valence-electron chi connectivity index (χ3n) is 4.48. The molecule has 0 amide bonds. The van der Waals surface area contributed by atoms with Gasteiger partial charge in [-0.2, -0.15) is 0 Å². The molecule has 0 spiro atoms. The minimum absolute atomic E-state index is 0.0406. The van der Waals surface area contributed by atoms with Crippen LogP contribution in [-0.2, 0) is 24.2 Å². The average molecular weight is 354 g/mol. The molecule has 1 nitrogen and oxygen atoms in total. The maximum atomic E-state index is 6.13. The highest BCUT2D eigenvalue weighted by molar-refractivity contribution is 5.19. The second-order valence-corrected chi connectivity index (χ2v) is 6.62. The largest absolute Gasteiger partial charge is 0.361 e. The Kier molecular flexibility index (Phi) is 7.73. The highest BCUT2D eigenvalue weighted by Gasteiger charge is 2.07. The first-order valence-corrected chi connectivity index (χ1v) is 9.62. The van der Waals surface area contributed by atoms with Gasteiger partial charge < -0.3 is 4.74 Å². The van der Waals surface area contributed by atoms with Crippen molar-refractivity contribution in [1.82, 2.24) is 0 Å². The number of benzene rings is 3. The van der Waals surface area contributed by atoms with Gasteiger partial charge in [0.25, 0.3) is 0 Å². The summed E-state index contributed by atoms with van der Waals surface area (Å²) in [4.78, 5) is 0. The normalized spacial score (nSPS) is 11.4. The van der Waals surface area contributed by atoms with Gasteiger partial charge in [-0.1, -0.05) is 96.9 Å². The lowest BCUT2D eigenvalue weighted by Crippen LogP contribution is -2.12. The van der Waals surface area contributed by atoms with E-state index in [1.54, 1.807) is 0 Å². The van der Waals surface area contributed by atoms with Gasteiger partial charge in [0.1, 0.15) is 6.10 Å². The minimum atomic E-state index is -0.0406. The van der Waals surface area contributed by atoms with E-state index in [1.165, 1.54) is 16.7 Å². The van der Waals surface area contributed by atoms with Crippen molar-refractivity contribution in [3.63, 3.8) is 0 Å². The minimum Gasteiger partial charge on any atom is -0.361 e. The highest BCUT2D eigenvalue weighted by Crippen LogP contribution is 2.10.